The van der Waals surface area contributed by atoms with Gasteiger partial charge in [0.25, 0.3) is 6.47 Å². The van der Waals surface area contributed by atoms with E-state index in [2.05, 4.69) is 0 Å². The third-order valence-corrected chi connectivity index (χ3v) is 13.8. The second kappa shape index (κ2) is 23.8. The van der Waals surface area contributed by atoms with Gasteiger partial charge in [-0.25, -0.2) is 19.2 Å². The second-order valence-corrected chi connectivity index (χ2v) is 19.0. The number of rotatable bonds is 10. The molecular weight excluding hydrogens is 1130 g/mol. The molecule has 3 aliphatic heterocycles. The van der Waals surface area contributed by atoms with Crippen molar-refractivity contribution in [2.75, 3.05) is 21.3 Å². The molecule has 87 heavy (non-hydrogen) atoms. The minimum Gasteiger partial charge on any atom is -0.508 e. The Kier molecular flexibility index (Phi) is 15.8. The molecule has 0 bridgehead atoms. The van der Waals surface area contributed by atoms with Gasteiger partial charge < -0.3 is 58.4 Å². The first-order valence-corrected chi connectivity index (χ1v) is 25.7. The van der Waals surface area contributed by atoms with Gasteiger partial charge in [0, 0.05) is 97.1 Å². The van der Waals surface area contributed by atoms with Gasteiger partial charge in [-0.15, -0.1) is 0 Å². The number of carboxylic acid groups (broad SMARTS) is 1. The Morgan fingerprint density at radius 3 is 1.16 bits per heavy atom. The van der Waals surface area contributed by atoms with Crippen LogP contribution in [-0.4, -0.2) is 78.0 Å². The number of nitrogens with two attached hydrogens (primary N) is 1. The highest BCUT2D eigenvalue weighted by Gasteiger charge is 2.27. The van der Waals surface area contributed by atoms with E-state index in [1.807, 2.05) is 0 Å². The molecule has 0 saturated heterocycles. The zero-order valence-electron chi connectivity index (χ0n) is 45.6. The fourth-order valence-electron chi connectivity index (χ4n) is 9.96. The van der Waals surface area contributed by atoms with Crippen LogP contribution in [0.1, 0.15) is 51.8 Å². The van der Waals surface area contributed by atoms with Gasteiger partial charge in [-0.3, -0.25) is 24.0 Å². The minimum atomic E-state index is -1.18. The standard InChI is InChI=1S/C22H15NO6.2C22H14O7/c1-28-22(27)17-8-11(21(23)26)2-5-14(17)20-15-6-3-12(24)9-18(15)29-19-10-13(25)4-7-16(19)20;1-27-22(26)15-7-4-14(28-11-23)10-18(15)21-16-5-2-12(24)8-19(16)29-20-9-13(25)3-6-17(20)21;1-28-22(27)17-8-11(21(25)26)2-5-14(17)20-15-6-3-12(23)9-18(15)29-19-10-13(24)4-7-16(19)20/h2-10,24H,1H3,(H2,23,26);2-11,24H,1H3;2-10,23H,1H3,(H,25,26). The van der Waals surface area contributed by atoms with E-state index in [4.69, 9.17) is 37.9 Å². The van der Waals surface area contributed by atoms with E-state index in [1.165, 1.54) is 143 Å². The lowest BCUT2D eigenvalue weighted by Crippen LogP contribution is -2.13. The number of aromatic hydroxyl groups is 3. The summed E-state index contributed by atoms with van der Waals surface area (Å²) in [6, 6.07) is 39.6. The number of fused-ring (bicyclic) bond motifs is 6. The predicted molar refractivity (Wildman–Crippen MR) is 315 cm³/mol. The molecule has 21 heteroatoms. The average Bonchev–Trinajstić information content (AvgIpc) is 1.04. The van der Waals surface area contributed by atoms with E-state index in [-0.39, 0.29) is 85.1 Å². The number of ether oxygens (including phenoxy) is 4. The molecule has 0 saturated carbocycles. The van der Waals surface area contributed by atoms with E-state index in [0.29, 0.717) is 88.7 Å². The van der Waals surface area contributed by atoms with Crippen molar-refractivity contribution in [2.45, 2.75) is 0 Å². The number of carbonyl (C=O) groups is 6. The maximum atomic E-state index is 12.5. The molecule has 432 valence electrons. The van der Waals surface area contributed by atoms with E-state index in [9.17, 15) is 63.6 Å². The van der Waals surface area contributed by atoms with Gasteiger partial charge in [0.15, 0.2) is 16.3 Å². The molecule has 6 aliphatic rings. The molecule has 6 aromatic rings. The van der Waals surface area contributed by atoms with E-state index in [0.717, 1.165) is 0 Å². The zero-order chi connectivity index (χ0) is 62.0. The average molecular weight is 1170 g/mol. The molecule has 0 radical (unpaired) electrons. The number of hydrogen-bond acceptors (Lipinski definition) is 19. The van der Waals surface area contributed by atoms with Crippen LogP contribution in [0.2, 0.25) is 0 Å². The molecular formula is C66H43NO20. The third kappa shape index (κ3) is 11.4. The summed E-state index contributed by atoms with van der Waals surface area (Å²) in [5.74, 6) is -2.79. The smallest absolute Gasteiger partial charge is 0.338 e. The largest absolute Gasteiger partial charge is 0.508 e. The fraction of sp³-hybridized carbons (Fsp3) is 0.0455. The zero-order valence-corrected chi connectivity index (χ0v) is 45.6. The summed E-state index contributed by atoms with van der Waals surface area (Å²) in [6.07, 6.45) is 0. The summed E-state index contributed by atoms with van der Waals surface area (Å²) in [4.78, 5) is 107. The first-order valence-electron chi connectivity index (χ1n) is 25.7. The Bertz CT molecular complexity index is 4690. The van der Waals surface area contributed by atoms with Crippen molar-refractivity contribution in [1.29, 1.82) is 0 Å². The maximum Gasteiger partial charge on any atom is 0.338 e. The van der Waals surface area contributed by atoms with Crippen LogP contribution < -0.4 is 26.8 Å². The number of aromatic carboxylic acids is 1. The number of carbonyl (C=O) groups excluding carboxylic acids is 5. The SMILES string of the molecule is COC(=O)c1cc(C(=O)O)ccc1-c1c2ccc(=O)cc-2oc2cc(O)ccc12.COC(=O)c1cc(C(N)=O)ccc1-c1c2ccc(=O)cc-2oc2cc(O)ccc12.COC(=O)c1ccc(OC=O)cc1-c1c2ccc(=O)cc-2oc2cc(O)ccc12. The predicted octanol–water partition coefficient (Wildman–Crippen LogP) is 10.5. The first kappa shape index (κ1) is 57.8. The summed E-state index contributed by atoms with van der Waals surface area (Å²) in [7, 11) is 3.71. The topological polar surface area (TPSA) is 337 Å². The maximum absolute atomic E-state index is 12.5. The summed E-state index contributed by atoms with van der Waals surface area (Å²) in [5.41, 5.74) is 10.8. The number of primary amides is 1. The van der Waals surface area contributed by atoms with Crippen LogP contribution in [0.5, 0.6) is 23.0 Å². The number of amides is 1. The number of benzene rings is 9. The molecule has 3 aliphatic carbocycles. The Labute approximate surface area is 488 Å². The van der Waals surface area contributed by atoms with E-state index < -0.39 is 29.8 Å². The lowest BCUT2D eigenvalue weighted by Gasteiger charge is -2.17. The third-order valence-electron chi connectivity index (χ3n) is 13.8. The quantitative estimate of drug-likeness (QED) is 0.0368. The Morgan fingerprint density at radius 1 is 0.414 bits per heavy atom. The van der Waals surface area contributed by atoms with Gasteiger partial charge in [-0.05, 0) is 126 Å². The van der Waals surface area contributed by atoms with Crippen LogP contribution >= 0.6 is 0 Å². The normalized spacial score (nSPS) is 10.9. The van der Waals surface area contributed by atoms with Crippen LogP contribution in [0.15, 0.2) is 191 Å². The molecule has 6 N–H and O–H groups in total. The van der Waals surface area contributed by atoms with Crippen molar-refractivity contribution in [3.8, 4) is 90.3 Å². The first-order chi connectivity index (χ1) is 41.8. The van der Waals surface area contributed by atoms with E-state index >= 15 is 0 Å². The van der Waals surface area contributed by atoms with Crippen molar-refractivity contribution in [3.63, 3.8) is 0 Å². The lowest BCUT2D eigenvalue weighted by molar-refractivity contribution is -0.120. The molecule has 0 atom stereocenters. The molecule has 12 rings (SSSR count). The van der Waals surface area contributed by atoms with Crippen LogP contribution in [0, 0.1) is 0 Å². The number of esters is 3. The molecule has 3 heterocycles. The number of phenolic OH excluding ortho intramolecular Hbond substituents is 3. The summed E-state index contributed by atoms with van der Waals surface area (Å²) in [5, 5.41) is 40.6. The second-order valence-electron chi connectivity index (χ2n) is 19.0. The summed E-state index contributed by atoms with van der Waals surface area (Å²) in [6.45, 7) is 0.287. The van der Waals surface area contributed by atoms with E-state index in [1.54, 1.807) is 42.5 Å². The van der Waals surface area contributed by atoms with Crippen LogP contribution in [0.3, 0.4) is 0 Å². The minimum absolute atomic E-state index is 0.0119. The number of phenols is 3. The Balaban J connectivity index is 0.000000144. The monoisotopic (exact) mass is 1170 g/mol. The van der Waals surface area contributed by atoms with Crippen LogP contribution in [0.25, 0.3) is 100 Å². The lowest BCUT2D eigenvalue weighted by atomic mass is 9.90. The van der Waals surface area contributed by atoms with Gasteiger partial charge in [0.05, 0.1) is 43.6 Å². The molecule has 0 fully saturated rings. The molecule has 0 aromatic heterocycles. The molecule has 21 nitrogen and oxygen atoms in total. The fourth-order valence-corrected chi connectivity index (χ4v) is 9.96. The molecule has 6 aromatic carbocycles. The summed E-state index contributed by atoms with van der Waals surface area (Å²) >= 11 is 0. The van der Waals surface area contributed by atoms with Crippen molar-refractivity contribution < 1.29 is 81.4 Å². The summed E-state index contributed by atoms with van der Waals surface area (Å²) < 4.78 is 37.0. The molecule has 1 amide bonds. The van der Waals surface area contributed by atoms with Crippen LogP contribution in [0.4, 0.5) is 0 Å². The van der Waals surface area contributed by atoms with Gasteiger partial charge in [0.2, 0.25) is 5.91 Å². The number of hydrogen-bond donors (Lipinski definition) is 5. The van der Waals surface area contributed by atoms with Crippen molar-refractivity contribution >= 4 is 69.2 Å². The highest BCUT2D eigenvalue weighted by atomic mass is 16.5. The van der Waals surface area contributed by atoms with Gasteiger partial charge in [-0.1, -0.05) is 12.1 Å². The van der Waals surface area contributed by atoms with Crippen molar-refractivity contribution in [2.24, 2.45) is 5.73 Å². The van der Waals surface area contributed by atoms with Crippen molar-refractivity contribution in [3.05, 3.63) is 222 Å². The van der Waals surface area contributed by atoms with Gasteiger partial charge in [0.1, 0.15) is 57.0 Å². The van der Waals surface area contributed by atoms with Gasteiger partial charge >= 0.3 is 23.9 Å². The van der Waals surface area contributed by atoms with Crippen LogP contribution in [-0.2, 0) is 19.0 Å². The molecule has 0 unspecified atom stereocenters. The number of methoxy groups -OCH3 is 3. The van der Waals surface area contributed by atoms with Gasteiger partial charge in [-0.2, -0.15) is 0 Å². The van der Waals surface area contributed by atoms with Crippen molar-refractivity contribution in [1.82, 2.24) is 0 Å². The molecule has 0 spiro atoms. The highest BCUT2D eigenvalue weighted by Crippen LogP contribution is 2.46. The highest BCUT2D eigenvalue weighted by molar-refractivity contribution is 6.12. The Hall–Kier alpha value is -12.4. The Morgan fingerprint density at radius 2 is 0.782 bits per heavy atom. The number of carboxylic acids is 1.